The van der Waals surface area contributed by atoms with Gasteiger partial charge in [-0.2, -0.15) is 5.10 Å². The van der Waals surface area contributed by atoms with E-state index in [1.165, 1.54) is 18.9 Å². The molecule has 0 radical (unpaired) electrons. The molecule has 1 aliphatic heterocycles. The number of aromatic nitrogens is 5. The second-order valence-corrected chi connectivity index (χ2v) is 12.4. The van der Waals surface area contributed by atoms with E-state index in [-0.39, 0.29) is 18.1 Å². The average Bonchev–Trinajstić information content (AvgIpc) is 3.88. The predicted molar refractivity (Wildman–Crippen MR) is 190 cm³/mol. The minimum atomic E-state index is -0.339. The number of hydrogen-bond donors (Lipinski definition) is 3. The summed E-state index contributed by atoms with van der Waals surface area (Å²) in [5, 5.41) is 12.5. The van der Waals surface area contributed by atoms with Crippen LogP contribution in [0.5, 0.6) is 5.75 Å². The quantitative estimate of drug-likeness (QED) is 0.140. The first-order chi connectivity index (χ1) is 24.1. The molecule has 1 fully saturated rings. The van der Waals surface area contributed by atoms with Gasteiger partial charge in [0.15, 0.2) is 0 Å². The van der Waals surface area contributed by atoms with Gasteiger partial charge in [-0.15, -0.1) is 0 Å². The van der Waals surface area contributed by atoms with E-state index in [0.29, 0.717) is 23.7 Å². The maximum atomic E-state index is 14.9. The third-order valence-corrected chi connectivity index (χ3v) is 8.95. The number of hydrogen-bond acceptors (Lipinski definition) is 6. The van der Waals surface area contributed by atoms with Crippen LogP contribution in [0.15, 0.2) is 104 Å². The maximum Gasteiger partial charge on any atom is 0.228 e. The molecule has 0 unspecified atom stereocenters. The molecule has 1 saturated heterocycles. The Morgan fingerprint density at radius 3 is 2.63 bits per heavy atom. The van der Waals surface area contributed by atoms with Gasteiger partial charge < -0.3 is 15.0 Å². The molecule has 0 aliphatic carbocycles. The number of H-pyrrole nitrogens is 2. The topological polar surface area (TPSA) is 112 Å². The molecule has 1 amide bonds. The standard InChI is InChI=1S/C39H34FN7O2/c40-28-16-26(18-30(19-28)49-14-13-47-11-4-5-12-47)31-9-6-10-34-32(31)20-36(44-34)39-33-21-35(42-24-37(33)45-46-39)27-17-29(23-41-22-27)43-38(48)15-25-7-2-1-3-8-25/h1-3,6-10,16-24,44H,4-5,11-15H2,(H,43,48)(H,45,46). The fourth-order valence-electron chi connectivity index (χ4n) is 6.55. The second kappa shape index (κ2) is 13.3. The van der Waals surface area contributed by atoms with Crippen molar-refractivity contribution in [2.45, 2.75) is 19.3 Å². The number of amides is 1. The Kier molecular flexibility index (Phi) is 8.28. The average molecular weight is 652 g/mol. The normalized spacial score (nSPS) is 13.3. The number of pyridine rings is 2. The molecule has 3 aromatic carbocycles. The number of aromatic amines is 2. The van der Waals surface area contributed by atoms with Crippen LogP contribution in [0.2, 0.25) is 0 Å². The first-order valence-electron chi connectivity index (χ1n) is 16.5. The molecule has 10 heteroatoms. The van der Waals surface area contributed by atoms with Crippen LogP contribution in [0, 0.1) is 5.82 Å². The first kappa shape index (κ1) is 30.5. The molecule has 0 bridgehead atoms. The molecule has 3 N–H and O–H groups in total. The van der Waals surface area contributed by atoms with E-state index in [4.69, 9.17) is 4.74 Å². The summed E-state index contributed by atoms with van der Waals surface area (Å²) >= 11 is 0. The summed E-state index contributed by atoms with van der Waals surface area (Å²) in [5.74, 6) is 0.0621. The minimum absolute atomic E-state index is 0.122. The second-order valence-electron chi connectivity index (χ2n) is 12.4. The zero-order chi connectivity index (χ0) is 33.2. The van der Waals surface area contributed by atoms with Gasteiger partial charge in [-0.1, -0.05) is 42.5 Å². The number of benzene rings is 3. The van der Waals surface area contributed by atoms with Gasteiger partial charge in [0.25, 0.3) is 0 Å². The lowest BCUT2D eigenvalue weighted by Crippen LogP contribution is -2.25. The van der Waals surface area contributed by atoms with E-state index >= 15 is 0 Å². The number of carbonyl (C=O) groups is 1. The van der Waals surface area contributed by atoms with Crippen LogP contribution in [-0.2, 0) is 11.2 Å². The van der Waals surface area contributed by atoms with E-state index in [1.54, 1.807) is 24.7 Å². The van der Waals surface area contributed by atoms with Crippen LogP contribution in [0.1, 0.15) is 18.4 Å². The SMILES string of the molecule is O=C(Cc1ccccc1)Nc1cncc(-c2cc3c(-c4cc5c(-c6cc(F)cc(OCCN7CCCC7)c6)cccc5[nH]4)n[nH]c3cn2)c1. The number of halogens is 1. The van der Waals surface area contributed by atoms with Crippen molar-refractivity contribution in [1.82, 2.24) is 30.0 Å². The molecule has 9 nitrogen and oxygen atoms in total. The fraction of sp³-hybridized carbons (Fsp3) is 0.179. The monoisotopic (exact) mass is 651 g/mol. The fourth-order valence-corrected chi connectivity index (χ4v) is 6.55. The van der Waals surface area contributed by atoms with Crippen LogP contribution in [0.3, 0.4) is 0 Å². The molecule has 0 atom stereocenters. The summed E-state index contributed by atoms with van der Waals surface area (Å²) in [5.41, 5.74) is 7.83. The number of likely N-dealkylation sites (tertiary alicyclic amines) is 1. The van der Waals surface area contributed by atoms with Gasteiger partial charge in [-0.05, 0) is 79.0 Å². The van der Waals surface area contributed by atoms with Crippen molar-refractivity contribution in [2.24, 2.45) is 0 Å². The number of nitrogens with one attached hydrogen (secondary N) is 3. The molecule has 244 valence electrons. The molecule has 5 heterocycles. The molecule has 7 aromatic rings. The predicted octanol–water partition coefficient (Wildman–Crippen LogP) is 7.63. The summed E-state index contributed by atoms with van der Waals surface area (Å²) < 4.78 is 20.9. The number of fused-ring (bicyclic) bond motifs is 2. The third kappa shape index (κ3) is 6.63. The van der Waals surface area contributed by atoms with Gasteiger partial charge in [0.1, 0.15) is 23.9 Å². The van der Waals surface area contributed by atoms with Crippen LogP contribution in [0.25, 0.3) is 55.6 Å². The lowest BCUT2D eigenvalue weighted by atomic mass is 10.0. The van der Waals surface area contributed by atoms with Gasteiger partial charge >= 0.3 is 0 Å². The Bertz CT molecular complexity index is 2270. The third-order valence-electron chi connectivity index (χ3n) is 8.95. The number of rotatable bonds is 10. The Balaban J connectivity index is 1.06. The Hall–Kier alpha value is -5.87. The smallest absolute Gasteiger partial charge is 0.228 e. The zero-order valence-corrected chi connectivity index (χ0v) is 26.7. The zero-order valence-electron chi connectivity index (χ0n) is 26.7. The van der Waals surface area contributed by atoms with Crippen molar-refractivity contribution in [3.63, 3.8) is 0 Å². The number of nitrogens with zero attached hydrogens (tertiary/aromatic N) is 4. The van der Waals surface area contributed by atoms with Gasteiger partial charge in [-0.25, -0.2) is 4.39 Å². The molecule has 8 rings (SSSR count). The van der Waals surface area contributed by atoms with Crippen molar-refractivity contribution in [2.75, 3.05) is 31.6 Å². The van der Waals surface area contributed by atoms with Crippen molar-refractivity contribution < 1.29 is 13.9 Å². The van der Waals surface area contributed by atoms with Crippen molar-refractivity contribution >= 4 is 33.4 Å². The molecular weight excluding hydrogens is 617 g/mol. The van der Waals surface area contributed by atoms with Gasteiger partial charge in [-0.3, -0.25) is 24.8 Å². The molecule has 0 saturated carbocycles. The Morgan fingerprint density at radius 1 is 0.878 bits per heavy atom. The molecule has 1 aliphatic rings. The summed E-state index contributed by atoms with van der Waals surface area (Å²) in [7, 11) is 0. The summed E-state index contributed by atoms with van der Waals surface area (Å²) in [6.07, 6.45) is 7.81. The Morgan fingerprint density at radius 2 is 1.76 bits per heavy atom. The van der Waals surface area contributed by atoms with Crippen molar-refractivity contribution in [3.05, 3.63) is 115 Å². The van der Waals surface area contributed by atoms with E-state index in [0.717, 1.165) is 75.1 Å². The maximum absolute atomic E-state index is 14.9. The summed E-state index contributed by atoms with van der Waals surface area (Å²) in [6.45, 7) is 3.55. The lowest BCUT2D eigenvalue weighted by molar-refractivity contribution is -0.115. The van der Waals surface area contributed by atoms with Gasteiger partial charge in [0.05, 0.1) is 41.4 Å². The van der Waals surface area contributed by atoms with Gasteiger partial charge in [0, 0.05) is 40.7 Å². The number of ether oxygens (including phenoxy) is 1. The summed E-state index contributed by atoms with van der Waals surface area (Å²) in [4.78, 5) is 27.6. The largest absolute Gasteiger partial charge is 0.492 e. The van der Waals surface area contributed by atoms with Gasteiger partial charge in [0.2, 0.25) is 5.91 Å². The van der Waals surface area contributed by atoms with E-state index < -0.39 is 0 Å². The minimum Gasteiger partial charge on any atom is -0.492 e. The van der Waals surface area contributed by atoms with E-state index in [9.17, 15) is 9.18 Å². The highest BCUT2D eigenvalue weighted by molar-refractivity contribution is 6.01. The molecule has 4 aromatic heterocycles. The highest BCUT2D eigenvalue weighted by atomic mass is 19.1. The molecule has 0 spiro atoms. The highest BCUT2D eigenvalue weighted by Crippen LogP contribution is 2.36. The molecule has 49 heavy (non-hydrogen) atoms. The van der Waals surface area contributed by atoms with Crippen LogP contribution >= 0.6 is 0 Å². The van der Waals surface area contributed by atoms with Crippen molar-refractivity contribution in [3.8, 4) is 39.5 Å². The van der Waals surface area contributed by atoms with Crippen molar-refractivity contribution in [1.29, 1.82) is 0 Å². The first-order valence-corrected chi connectivity index (χ1v) is 16.5. The molecular formula is C39H34FN7O2. The van der Waals surface area contributed by atoms with Crippen LogP contribution < -0.4 is 10.1 Å². The highest BCUT2D eigenvalue weighted by Gasteiger charge is 2.17. The number of carbonyl (C=O) groups excluding carboxylic acids is 1. The van der Waals surface area contributed by atoms with Crippen LogP contribution in [-0.4, -0.2) is 62.2 Å². The Labute approximate surface area is 282 Å². The lowest BCUT2D eigenvalue weighted by Gasteiger charge is -2.15. The van der Waals surface area contributed by atoms with Crippen LogP contribution in [0.4, 0.5) is 10.1 Å². The van der Waals surface area contributed by atoms with E-state index in [1.807, 2.05) is 72.8 Å². The summed E-state index contributed by atoms with van der Waals surface area (Å²) in [6, 6.07) is 26.3. The number of anilines is 1. The van der Waals surface area contributed by atoms with E-state index in [2.05, 4.69) is 35.4 Å².